The van der Waals surface area contributed by atoms with Crippen molar-refractivity contribution in [1.82, 2.24) is 16.0 Å². The van der Waals surface area contributed by atoms with E-state index in [9.17, 15) is 9.59 Å². The van der Waals surface area contributed by atoms with Crippen molar-refractivity contribution >= 4 is 11.8 Å². The topological polar surface area (TPSA) is 70.2 Å². The van der Waals surface area contributed by atoms with E-state index in [1.165, 1.54) is 141 Å². The van der Waals surface area contributed by atoms with E-state index in [1.807, 2.05) is 0 Å². The van der Waals surface area contributed by atoms with E-state index in [2.05, 4.69) is 36.7 Å². The van der Waals surface area contributed by atoms with Crippen LogP contribution in [0.3, 0.4) is 0 Å². The van der Waals surface area contributed by atoms with Gasteiger partial charge in [-0.1, -0.05) is 175 Å². The summed E-state index contributed by atoms with van der Waals surface area (Å²) < 4.78 is 0. The molecule has 0 atom stereocenters. The fourth-order valence-corrected chi connectivity index (χ4v) is 5.93. The number of rotatable bonds is 35. The molecule has 2 amide bonds. The Morgan fingerprint density at radius 2 is 0.721 bits per heavy atom. The summed E-state index contributed by atoms with van der Waals surface area (Å²) in [7, 11) is 0. The molecule has 0 aliphatic heterocycles. The molecular formula is C38H77N3O2. The second-order valence-electron chi connectivity index (χ2n) is 13.2. The highest BCUT2D eigenvalue weighted by atomic mass is 16.2. The minimum Gasteiger partial charge on any atom is -0.336 e. The van der Waals surface area contributed by atoms with Crippen LogP contribution in [0.2, 0.25) is 0 Å². The van der Waals surface area contributed by atoms with Crippen LogP contribution in [0.5, 0.6) is 0 Å². The van der Waals surface area contributed by atoms with Crippen LogP contribution in [-0.4, -0.2) is 31.1 Å². The summed E-state index contributed by atoms with van der Waals surface area (Å²) in [5, 5.41) is 9.58. The minimum atomic E-state index is -0.248. The van der Waals surface area contributed by atoms with Gasteiger partial charge in [0.15, 0.2) is 0 Å². The van der Waals surface area contributed by atoms with E-state index in [-0.39, 0.29) is 18.0 Å². The predicted octanol–water partition coefficient (Wildman–Crippen LogP) is 10.9. The monoisotopic (exact) mass is 608 g/mol. The summed E-state index contributed by atoms with van der Waals surface area (Å²) in [6.45, 7) is 8.51. The highest BCUT2D eigenvalue weighted by Gasteiger charge is 2.14. The average molecular weight is 608 g/mol. The number of amides is 2. The molecule has 5 heteroatoms. The van der Waals surface area contributed by atoms with Crippen molar-refractivity contribution in [3.8, 4) is 0 Å². The Morgan fingerprint density at radius 3 is 1.02 bits per heavy atom. The Morgan fingerprint density at radius 1 is 0.419 bits per heavy atom. The minimum absolute atomic E-state index is 0.0813. The molecule has 0 aromatic carbocycles. The lowest BCUT2D eigenvalue weighted by Gasteiger charge is -2.20. The summed E-state index contributed by atoms with van der Waals surface area (Å²) in [6.07, 6.45) is 36.6. The molecule has 0 saturated carbocycles. The SMILES string of the molecule is CCCCCCCCCCCCCCCC(=O)NC(CCCNCC)NC(=O)CCCCCCCCCCCCCCC. The Hall–Kier alpha value is -1.10. The van der Waals surface area contributed by atoms with Gasteiger partial charge in [0.1, 0.15) is 6.17 Å². The van der Waals surface area contributed by atoms with Crippen molar-refractivity contribution in [2.75, 3.05) is 13.1 Å². The van der Waals surface area contributed by atoms with Gasteiger partial charge in [0.2, 0.25) is 11.8 Å². The van der Waals surface area contributed by atoms with Gasteiger partial charge >= 0.3 is 0 Å². The summed E-state index contributed by atoms with van der Waals surface area (Å²) >= 11 is 0. The maximum absolute atomic E-state index is 12.6. The standard InChI is InChI=1S/C38H77N3O2/c1-4-7-9-11-13-15-17-19-21-23-25-27-29-33-37(42)40-36(32-31-35-39-6-3)41-38(43)34-30-28-26-24-22-20-18-16-14-12-10-8-5-2/h36,39H,4-35H2,1-3H3,(H,40,42)(H,41,43). The molecule has 0 aliphatic rings. The molecule has 0 bridgehead atoms. The molecule has 43 heavy (non-hydrogen) atoms. The summed E-state index contributed by atoms with van der Waals surface area (Å²) in [6, 6.07) is 0. The quantitative estimate of drug-likeness (QED) is 0.0496. The van der Waals surface area contributed by atoms with Gasteiger partial charge in [0.05, 0.1) is 0 Å². The van der Waals surface area contributed by atoms with Gasteiger partial charge in [0.25, 0.3) is 0 Å². The zero-order valence-electron chi connectivity index (χ0n) is 29.5. The lowest BCUT2D eigenvalue weighted by atomic mass is 10.0. The van der Waals surface area contributed by atoms with Gasteiger partial charge < -0.3 is 16.0 Å². The fourth-order valence-electron chi connectivity index (χ4n) is 5.93. The number of carbonyl (C=O) groups is 2. The van der Waals surface area contributed by atoms with Crippen LogP contribution in [0.15, 0.2) is 0 Å². The lowest BCUT2D eigenvalue weighted by Crippen LogP contribution is -2.48. The Bertz CT molecular complexity index is 540. The summed E-state index contributed by atoms with van der Waals surface area (Å²) in [5.41, 5.74) is 0. The summed E-state index contributed by atoms with van der Waals surface area (Å²) in [5.74, 6) is 0.163. The molecule has 0 spiro atoms. The maximum Gasteiger partial charge on any atom is 0.221 e. The lowest BCUT2D eigenvalue weighted by molar-refractivity contribution is -0.124. The zero-order chi connectivity index (χ0) is 31.5. The average Bonchev–Trinajstić information content (AvgIpc) is 3.00. The maximum atomic E-state index is 12.6. The van der Waals surface area contributed by atoms with Crippen LogP contribution in [0.25, 0.3) is 0 Å². The Balaban J connectivity index is 3.91. The van der Waals surface area contributed by atoms with Crippen LogP contribution in [0, 0.1) is 0 Å². The molecule has 0 saturated heterocycles. The normalized spacial score (nSPS) is 11.3. The van der Waals surface area contributed by atoms with Crippen molar-refractivity contribution in [3.05, 3.63) is 0 Å². The van der Waals surface area contributed by atoms with Crippen molar-refractivity contribution in [1.29, 1.82) is 0 Å². The molecule has 0 radical (unpaired) electrons. The van der Waals surface area contributed by atoms with E-state index >= 15 is 0 Å². The van der Waals surface area contributed by atoms with E-state index in [4.69, 9.17) is 0 Å². The van der Waals surface area contributed by atoms with E-state index in [0.717, 1.165) is 51.6 Å². The van der Waals surface area contributed by atoms with E-state index in [0.29, 0.717) is 12.8 Å². The van der Waals surface area contributed by atoms with Crippen LogP contribution in [-0.2, 0) is 9.59 Å². The Kier molecular flexibility index (Phi) is 34.5. The predicted molar refractivity (Wildman–Crippen MR) is 188 cm³/mol. The van der Waals surface area contributed by atoms with E-state index < -0.39 is 0 Å². The van der Waals surface area contributed by atoms with Crippen LogP contribution >= 0.6 is 0 Å². The first kappa shape index (κ1) is 41.9. The van der Waals surface area contributed by atoms with Gasteiger partial charge in [0, 0.05) is 12.8 Å². The molecule has 3 N–H and O–H groups in total. The smallest absolute Gasteiger partial charge is 0.221 e. The highest BCUT2D eigenvalue weighted by molar-refractivity contribution is 5.79. The third-order valence-corrected chi connectivity index (χ3v) is 8.78. The second-order valence-corrected chi connectivity index (χ2v) is 13.2. The molecule has 0 unspecified atom stereocenters. The molecule has 5 nitrogen and oxygen atoms in total. The Labute approximate surface area is 269 Å². The third-order valence-electron chi connectivity index (χ3n) is 8.78. The molecule has 0 aromatic heterocycles. The van der Waals surface area contributed by atoms with Gasteiger partial charge in [-0.25, -0.2) is 0 Å². The number of hydrogen-bond acceptors (Lipinski definition) is 3. The molecule has 0 rings (SSSR count). The van der Waals surface area contributed by atoms with Crippen molar-refractivity contribution in [2.45, 2.75) is 220 Å². The van der Waals surface area contributed by atoms with Crippen LogP contribution < -0.4 is 16.0 Å². The van der Waals surface area contributed by atoms with Crippen LogP contribution in [0.1, 0.15) is 213 Å². The van der Waals surface area contributed by atoms with Crippen molar-refractivity contribution < 1.29 is 9.59 Å². The first-order chi connectivity index (χ1) is 21.1. The summed E-state index contributed by atoms with van der Waals surface area (Å²) in [4.78, 5) is 25.3. The van der Waals surface area contributed by atoms with Gasteiger partial charge in [-0.2, -0.15) is 0 Å². The second kappa shape index (κ2) is 35.4. The van der Waals surface area contributed by atoms with Crippen LogP contribution in [0.4, 0.5) is 0 Å². The van der Waals surface area contributed by atoms with Gasteiger partial charge in [-0.05, 0) is 38.8 Å². The number of carbonyl (C=O) groups excluding carboxylic acids is 2. The van der Waals surface area contributed by atoms with E-state index in [1.54, 1.807) is 0 Å². The molecule has 0 fully saturated rings. The molecule has 0 aliphatic carbocycles. The molecule has 256 valence electrons. The largest absolute Gasteiger partial charge is 0.336 e. The third kappa shape index (κ3) is 33.6. The first-order valence-corrected chi connectivity index (χ1v) is 19.4. The molecule has 0 aromatic rings. The first-order valence-electron chi connectivity index (χ1n) is 19.4. The molecule has 0 heterocycles. The zero-order valence-corrected chi connectivity index (χ0v) is 29.5. The number of unbranched alkanes of at least 4 members (excludes halogenated alkanes) is 24. The van der Waals surface area contributed by atoms with Crippen molar-refractivity contribution in [2.24, 2.45) is 0 Å². The highest BCUT2D eigenvalue weighted by Crippen LogP contribution is 2.14. The van der Waals surface area contributed by atoms with Gasteiger partial charge in [-0.3, -0.25) is 9.59 Å². The van der Waals surface area contributed by atoms with Crippen molar-refractivity contribution in [3.63, 3.8) is 0 Å². The molecular weight excluding hydrogens is 530 g/mol. The fraction of sp³-hybridized carbons (Fsp3) is 0.947. The number of nitrogens with one attached hydrogen (secondary N) is 3. The number of hydrogen-bond donors (Lipinski definition) is 3. The van der Waals surface area contributed by atoms with Gasteiger partial charge in [-0.15, -0.1) is 0 Å².